The van der Waals surface area contributed by atoms with E-state index in [-0.39, 0.29) is 5.82 Å². The van der Waals surface area contributed by atoms with Crippen molar-refractivity contribution in [3.8, 4) is 22.5 Å². The lowest BCUT2D eigenvalue weighted by atomic mass is 9.98. The Morgan fingerprint density at radius 3 is 2.19 bits per heavy atom. The molecule has 7 nitrogen and oxygen atoms in total. The monoisotopic (exact) mass is 501 g/mol. The fraction of sp³-hybridized carbons (Fsp3) is 0.148. The Kier molecular flexibility index (Phi) is 6.63. The first-order valence-corrected chi connectivity index (χ1v) is 11.5. The van der Waals surface area contributed by atoms with Crippen molar-refractivity contribution in [3.63, 3.8) is 0 Å². The zero-order chi connectivity index (χ0) is 25.8. The van der Waals surface area contributed by atoms with Gasteiger partial charge in [0.05, 0.1) is 0 Å². The number of anilines is 1. The summed E-state index contributed by atoms with van der Waals surface area (Å²) in [6, 6.07) is 25.0. The lowest BCUT2D eigenvalue weighted by molar-refractivity contribution is -0.145. The maximum atomic E-state index is 13.4. The summed E-state index contributed by atoms with van der Waals surface area (Å²) in [6.07, 6.45) is -4.22. The lowest BCUT2D eigenvalue weighted by Gasteiger charge is -2.16. The number of benzene rings is 3. The quantitative estimate of drug-likeness (QED) is 0.291. The second-order valence-corrected chi connectivity index (χ2v) is 8.45. The van der Waals surface area contributed by atoms with Gasteiger partial charge in [0.15, 0.2) is 0 Å². The fourth-order valence-corrected chi connectivity index (χ4v) is 4.07. The number of alkyl halides is 3. The van der Waals surface area contributed by atoms with E-state index in [9.17, 15) is 13.2 Å². The van der Waals surface area contributed by atoms with Crippen LogP contribution in [0.5, 0.6) is 0 Å². The van der Waals surface area contributed by atoms with E-state index in [1.165, 1.54) is 0 Å². The van der Waals surface area contributed by atoms with Crippen molar-refractivity contribution in [2.24, 2.45) is 0 Å². The first-order chi connectivity index (χ1) is 17.9. The second-order valence-electron chi connectivity index (χ2n) is 8.45. The Morgan fingerprint density at radius 2 is 1.51 bits per heavy atom. The van der Waals surface area contributed by atoms with Crippen LogP contribution in [0.25, 0.3) is 22.5 Å². The van der Waals surface area contributed by atoms with Crippen molar-refractivity contribution in [1.29, 1.82) is 0 Å². The number of tetrazole rings is 1. The predicted molar refractivity (Wildman–Crippen MR) is 133 cm³/mol. The Bertz CT molecular complexity index is 1480. The molecular weight excluding hydrogens is 479 g/mol. The number of nitrogens with zero attached hydrogens (tertiary/aromatic N) is 5. The molecule has 0 radical (unpaired) electrons. The van der Waals surface area contributed by atoms with Crippen molar-refractivity contribution >= 4 is 5.82 Å². The average Bonchev–Trinajstić information content (AvgIpc) is 3.44. The first kappa shape index (κ1) is 24.1. The van der Waals surface area contributed by atoms with Gasteiger partial charge in [0, 0.05) is 29.8 Å². The normalized spacial score (nSPS) is 11.5. The summed E-state index contributed by atoms with van der Waals surface area (Å²) in [5, 5.41) is 17.4. The van der Waals surface area contributed by atoms with Crippen molar-refractivity contribution < 1.29 is 13.2 Å². The number of halogens is 3. The SMILES string of the molecule is Cc1nc(C(F)(F)F)nc(NCc2ccc(-c3ccccc3-c3nn[nH]n3)cc2)c1Cc1ccccc1. The van der Waals surface area contributed by atoms with Crippen LogP contribution in [0.3, 0.4) is 0 Å². The van der Waals surface area contributed by atoms with Gasteiger partial charge < -0.3 is 5.32 Å². The highest BCUT2D eigenvalue weighted by Gasteiger charge is 2.36. The maximum Gasteiger partial charge on any atom is 0.451 e. The number of aromatic nitrogens is 6. The van der Waals surface area contributed by atoms with E-state index < -0.39 is 12.0 Å². The van der Waals surface area contributed by atoms with Crippen molar-refractivity contribution in [2.45, 2.75) is 26.1 Å². The van der Waals surface area contributed by atoms with Crippen LogP contribution in [-0.4, -0.2) is 30.6 Å². The highest BCUT2D eigenvalue weighted by Crippen LogP contribution is 2.31. The van der Waals surface area contributed by atoms with Crippen LogP contribution in [0.1, 0.15) is 28.2 Å². The molecule has 5 rings (SSSR count). The van der Waals surface area contributed by atoms with Crippen LogP contribution in [0, 0.1) is 6.92 Å². The molecule has 0 unspecified atom stereocenters. The largest absolute Gasteiger partial charge is 0.451 e. The van der Waals surface area contributed by atoms with E-state index in [1.807, 2.05) is 78.9 Å². The molecule has 0 amide bonds. The van der Waals surface area contributed by atoms with Gasteiger partial charge in [-0.2, -0.15) is 18.4 Å². The van der Waals surface area contributed by atoms with Crippen LogP contribution in [0.2, 0.25) is 0 Å². The van der Waals surface area contributed by atoms with Gasteiger partial charge in [0.25, 0.3) is 0 Å². The number of H-pyrrole nitrogens is 1. The van der Waals surface area contributed by atoms with E-state index in [4.69, 9.17) is 0 Å². The molecule has 0 bridgehead atoms. The topological polar surface area (TPSA) is 92.3 Å². The average molecular weight is 502 g/mol. The van der Waals surface area contributed by atoms with Crippen LogP contribution >= 0.6 is 0 Å². The fourth-order valence-electron chi connectivity index (χ4n) is 4.07. The Hall–Kier alpha value is -4.60. The lowest BCUT2D eigenvalue weighted by Crippen LogP contribution is -2.17. The molecule has 0 saturated carbocycles. The zero-order valence-corrected chi connectivity index (χ0v) is 19.8. The van der Waals surface area contributed by atoms with E-state index in [2.05, 4.69) is 35.9 Å². The molecule has 0 atom stereocenters. The van der Waals surface area contributed by atoms with Crippen LogP contribution < -0.4 is 5.32 Å². The maximum absolute atomic E-state index is 13.4. The summed E-state index contributed by atoms with van der Waals surface area (Å²) < 4.78 is 40.3. The van der Waals surface area contributed by atoms with Gasteiger partial charge in [0.1, 0.15) is 5.82 Å². The molecule has 0 aliphatic rings. The minimum atomic E-state index is -4.64. The number of rotatable bonds is 7. The van der Waals surface area contributed by atoms with Crippen molar-refractivity contribution in [2.75, 3.05) is 5.32 Å². The van der Waals surface area contributed by atoms with Gasteiger partial charge in [-0.3, -0.25) is 0 Å². The third kappa shape index (κ3) is 5.48. The van der Waals surface area contributed by atoms with E-state index in [1.54, 1.807) is 6.92 Å². The smallest absolute Gasteiger partial charge is 0.366 e. The molecule has 186 valence electrons. The molecule has 0 saturated heterocycles. The molecule has 0 spiro atoms. The molecule has 10 heteroatoms. The zero-order valence-electron chi connectivity index (χ0n) is 19.8. The van der Waals surface area contributed by atoms with Crippen molar-refractivity contribution in [1.82, 2.24) is 30.6 Å². The van der Waals surface area contributed by atoms with Crippen LogP contribution in [0.4, 0.5) is 19.0 Å². The molecule has 0 aliphatic heterocycles. The van der Waals surface area contributed by atoms with Gasteiger partial charge in [-0.25, -0.2) is 9.97 Å². The van der Waals surface area contributed by atoms with E-state index in [0.29, 0.717) is 30.0 Å². The van der Waals surface area contributed by atoms with E-state index in [0.717, 1.165) is 27.8 Å². The summed E-state index contributed by atoms with van der Waals surface area (Å²) in [5.74, 6) is -0.486. The molecule has 5 aromatic rings. The van der Waals surface area contributed by atoms with Gasteiger partial charge >= 0.3 is 6.18 Å². The molecule has 3 aromatic carbocycles. The third-order valence-electron chi connectivity index (χ3n) is 5.93. The molecule has 37 heavy (non-hydrogen) atoms. The predicted octanol–water partition coefficient (Wildman–Crippen LogP) is 5.85. The number of hydrogen-bond acceptors (Lipinski definition) is 6. The molecule has 0 aliphatic carbocycles. The summed E-state index contributed by atoms with van der Waals surface area (Å²) in [6.45, 7) is 1.87. The highest BCUT2D eigenvalue weighted by molar-refractivity contribution is 5.80. The molecule has 2 aromatic heterocycles. The highest BCUT2D eigenvalue weighted by atomic mass is 19.4. The summed E-state index contributed by atoms with van der Waals surface area (Å²) in [7, 11) is 0. The first-order valence-electron chi connectivity index (χ1n) is 11.5. The summed E-state index contributed by atoms with van der Waals surface area (Å²) in [4.78, 5) is 7.59. The van der Waals surface area contributed by atoms with Gasteiger partial charge in [-0.1, -0.05) is 78.9 Å². The number of aromatic amines is 1. The molecule has 2 N–H and O–H groups in total. The van der Waals surface area contributed by atoms with Crippen LogP contribution in [-0.2, 0) is 19.1 Å². The minimum absolute atomic E-state index is 0.176. The minimum Gasteiger partial charge on any atom is -0.366 e. The van der Waals surface area contributed by atoms with Gasteiger partial charge in [0.2, 0.25) is 11.6 Å². The summed E-state index contributed by atoms with van der Waals surface area (Å²) >= 11 is 0. The Morgan fingerprint density at radius 1 is 0.811 bits per heavy atom. The Balaban J connectivity index is 1.40. The van der Waals surface area contributed by atoms with Crippen molar-refractivity contribution in [3.05, 3.63) is 107 Å². The second kappa shape index (κ2) is 10.2. The molecule has 0 fully saturated rings. The van der Waals surface area contributed by atoms with E-state index >= 15 is 0 Å². The van der Waals surface area contributed by atoms with Gasteiger partial charge in [-0.15, -0.1) is 10.2 Å². The molecule has 2 heterocycles. The molecular formula is C27H22F3N7. The number of hydrogen-bond donors (Lipinski definition) is 2. The summed E-state index contributed by atoms with van der Waals surface area (Å²) in [5.41, 5.74) is 5.50. The Labute approximate surface area is 210 Å². The van der Waals surface area contributed by atoms with Gasteiger partial charge in [-0.05, 0) is 34.4 Å². The number of aryl methyl sites for hydroxylation is 1. The number of nitrogens with one attached hydrogen (secondary N) is 2. The standard InChI is InChI=1S/C27H22F3N7/c1-17-23(15-18-7-3-2-4-8-18)24(33-26(32-17)27(28,29)30)31-16-19-11-13-20(14-12-19)21-9-5-6-10-22(21)25-34-36-37-35-25/h2-14H,15-16H2,1H3,(H,31,32,33)(H,34,35,36,37). The third-order valence-corrected chi connectivity index (χ3v) is 5.93. The van der Waals surface area contributed by atoms with Crippen LogP contribution in [0.15, 0.2) is 78.9 Å².